The molecule has 0 aromatic heterocycles. The number of terminal acetylenes is 1. The SMILES string of the molecule is C#CCN1CC(=O)N2[C@@H](C)C(=O)N(Cc3ccc(F)cc3)C[C@@H]2N1C(=O)NCc1ccccc1. The van der Waals surface area contributed by atoms with Crippen molar-refractivity contribution < 1.29 is 18.8 Å². The second-order valence-corrected chi connectivity index (χ2v) is 8.32. The molecule has 2 heterocycles. The number of carbonyl (C=O) groups excluding carboxylic acids is 3. The number of rotatable bonds is 5. The van der Waals surface area contributed by atoms with Gasteiger partial charge in [-0.2, -0.15) is 5.01 Å². The highest BCUT2D eigenvalue weighted by Gasteiger charge is 2.49. The first-order valence-corrected chi connectivity index (χ1v) is 11.0. The van der Waals surface area contributed by atoms with Crippen molar-refractivity contribution >= 4 is 17.8 Å². The number of amides is 4. The average Bonchev–Trinajstić information content (AvgIpc) is 2.83. The Hall–Kier alpha value is -3.90. The minimum absolute atomic E-state index is 0.0646. The Kier molecular flexibility index (Phi) is 6.80. The molecule has 4 rings (SSSR count). The summed E-state index contributed by atoms with van der Waals surface area (Å²) in [6.45, 7) is 2.25. The molecular formula is C25H26FN5O3. The van der Waals surface area contributed by atoms with Gasteiger partial charge >= 0.3 is 6.03 Å². The van der Waals surface area contributed by atoms with Crippen molar-refractivity contribution in [2.24, 2.45) is 0 Å². The Bertz CT molecular complexity index is 1100. The number of hydrogen-bond acceptors (Lipinski definition) is 4. The van der Waals surface area contributed by atoms with E-state index in [1.54, 1.807) is 24.0 Å². The van der Waals surface area contributed by atoms with Gasteiger partial charge in [-0.3, -0.25) is 9.59 Å². The summed E-state index contributed by atoms with van der Waals surface area (Å²) in [5.41, 5.74) is 1.67. The standard InChI is InChI=1S/C25H26FN5O3/c1-3-13-29-17-23(32)30-18(2)24(33)28(15-20-9-11-21(26)12-10-20)16-22(30)31(29)25(34)27-14-19-7-5-4-6-8-19/h1,4-12,18,22H,13-17H2,2H3,(H,27,34)/t18-,22-/m0/s1. The number of nitrogens with zero attached hydrogens (tertiary/aromatic N) is 4. The summed E-state index contributed by atoms with van der Waals surface area (Å²) in [6.07, 6.45) is 4.80. The molecule has 2 aliphatic rings. The second-order valence-electron chi connectivity index (χ2n) is 8.32. The topological polar surface area (TPSA) is 76.2 Å². The lowest BCUT2D eigenvalue weighted by atomic mass is 10.1. The monoisotopic (exact) mass is 463 g/mol. The van der Waals surface area contributed by atoms with Crippen LogP contribution in [-0.2, 0) is 22.7 Å². The second kappa shape index (κ2) is 9.93. The average molecular weight is 464 g/mol. The van der Waals surface area contributed by atoms with Crippen LogP contribution in [0.3, 0.4) is 0 Å². The number of piperazine rings is 1. The minimum Gasteiger partial charge on any atom is -0.333 e. The Morgan fingerprint density at radius 2 is 1.82 bits per heavy atom. The molecule has 0 unspecified atom stereocenters. The van der Waals surface area contributed by atoms with E-state index in [1.807, 2.05) is 30.3 Å². The summed E-state index contributed by atoms with van der Waals surface area (Å²) in [5.74, 6) is 1.64. The molecule has 0 saturated carbocycles. The van der Waals surface area contributed by atoms with E-state index in [4.69, 9.17) is 6.42 Å². The van der Waals surface area contributed by atoms with E-state index in [1.165, 1.54) is 27.1 Å². The Labute approximate surface area is 197 Å². The van der Waals surface area contributed by atoms with Gasteiger partial charge in [-0.05, 0) is 30.2 Å². The van der Waals surface area contributed by atoms with Crippen LogP contribution in [0.15, 0.2) is 54.6 Å². The fourth-order valence-corrected chi connectivity index (χ4v) is 4.40. The predicted molar refractivity (Wildman–Crippen MR) is 123 cm³/mol. The predicted octanol–water partition coefficient (Wildman–Crippen LogP) is 1.79. The first kappa shape index (κ1) is 23.3. The molecule has 2 aromatic carbocycles. The fraction of sp³-hybridized carbons (Fsp3) is 0.320. The molecule has 0 radical (unpaired) electrons. The number of halogens is 1. The van der Waals surface area contributed by atoms with E-state index < -0.39 is 18.2 Å². The first-order valence-electron chi connectivity index (χ1n) is 11.0. The molecule has 2 saturated heterocycles. The van der Waals surface area contributed by atoms with Gasteiger partial charge in [-0.25, -0.2) is 14.2 Å². The maximum Gasteiger partial charge on any atom is 0.334 e. The van der Waals surface area contributed by atoms with E-state index in [2.05, 4.69) is 11.2 Å². The quantitative estimate of drug-likeness (QED) is 0.686. The lowest BCUT2D eigenvalue weighted by molar-refractivity contribution is -0.188. The molecule has 0 bridgehead atoms. The first-order chi connectivity index (χ1) is 16.4. The van der Waals surface area contributed by atoms with Crippen molar-refractivity contribution in [1.82, 2.24) is 25.1 Å². The van der Waals surface area contributed by atoms with Crippen molar-refractivity contribution in [2.45, 2.75) is 32.2 Å². The van der Waals surface area contributed by atoms with Crippen LogP contribution >= 0.6 is 0 Å². The number of fused-ring (bicyclic) bond motifs is 1. The number of carbonyl (C=O) groups is 3. The van der Waals surface area contributed by atoms with Gasteiger partial charge in [0.15, 0.2) is 0 Å². The molecule has 0 spiro atoms. The Balaban J connectivity index is 1.59. The molecule has 1 N–H and O–H groups in total. The summed E-state index contributed by atoms with van der Waals surface area (Å²) in [6, 6.07) is 14.2. The molecule has 2 aromatic rings. The number of hydrazine groups is 1. The molecule has 9 heteroatoms. The normalized spacial score (nSPS) is 20.7. The highest BCUT2D eigenvalue weighted by molar-refractivity contribution is 5.91. The largest absolute Gasteiger partial charge is 0.334 e. The van der Waals surface area contributed by atoms with Gasteiger partial charge in [0.25, 0.3) is 0 Å². The third-order valence-corrected chi connectivity index (χ3v) is 6.04. The molecule has 2 fully saturated rings. The zero-order valence-electron chi connectivity index (χ0n) is 18.9. The van der Waals surface area contributed by atoms with Crippen LogP contribution in [0, 0.1) is 18.2 Å². The number of nitrogens with one attached hydrogen (secondary N) is 1. The van der Waals surface area contributed by atoms with Crippen LogP contribution in [0.1, 0.15) is 18.1 Å². The number of urea groups is 1. The molecule has 2 atom stereocenters. The van der Waals surface area contributed by atoms with Crippen molar-refractivity contribution in [3.05, 3.63) is 71.5 Å². The third kappa shape index (κ3) is 4.72. The Morgan fingerprint density at radius 1 is 1.12 bits per heavy atom. The number of hydrogen-bond donors (Lipinski definition) is 1. The lowest BCUT2D eigenvalue weighted by Crippen LogP contribution is -2.75. The van der Waals surface area contributed by atoms with Gasteiger partial charge < -0.3 is 15.1 Å². The van der Waals surface area contributed by atoms with E-state index in [9.17, 15) is 18.8 Å². The zero-order valence-corrected chi connectivity index (χ0v) is 18.9. The molecule has 4 amide bonds. The van der Waals surface area contributed by atoms with E-state index in [0.717, 1.165) is 11.1 Å². The van der Waals surface area contributed by atoms with Crippen LogP contribution in [0.2, 0.25) is 0 Å². The van der Waals surface area contributed by atoms with Crippen LogP contribution in [0.4, 0.5) is 9.18 Å². The van der Waals surface area contributed by atoms with Crippen molar-refractivity contribution in [3.8, 4) is 12.3 Å². The van der Waals surface area contributed by atoms with Crippen molar-refractivity contribution in [3.63, 3.8) is 0 Å². The summed E-state index contributed by atoms with van der Waals surface area (Å²) in [5, 5.41) is 5.87. The molecule has 176 valence electrons. The molecule has 0 aliphatic carbocycles. The third-order valence-electron chi connectivity index (χ3n) is 6.04. The number of benzene rings is 2. The van der Waals surface area contributed by atoms with E-state index in [0.29, 0.717) is 6.54 Å². The lowest BCUT2D eigenvalue weighted by Gasteiger charge is -2.54. The highest BCUT2D eigenvalue weighted by atomic mass is 19.1. The van der Waals surface area contributed by atoms with Gasteiger partial charge in [0.1, 0.15) is 18.0 Å². The van der Waals surface area contributed by atoms with Gasteiger partial charge in [0, 0.05) is 13.1 Å². The zero-order chi connectivity index (χ0) is 24.2. The maximum atomic E-state index is 13.3. The van der Waals surface area contributed by atoms with Crippen LogP contribution in [-0.4, -0.2) is 69.5 Å². The van der Waals surface area contributed by atoms with Gasteiger partial charge in [-0.1, -0.05) is 48.4 Å². The summed E-state index contributed by atoms with van der Waals surface area (Å²) < 4.78 is 13.3. The molecule has 8 nitrogen and oxygen atoms in total. The maximum absolute atomic E-state index is 13.3. The van der Waals surface area contributed by atoms with Gasteiger partial charge in [0.05, 0.1) is 19.6 Å². The molecular weight excluding hydrogens is 437 g/mol. The van der Waals surface area contributed by atoms with Crippen LogP contribution < -0.4 is 5.32 Å². The van der Waals surface area contributed by atoms with Gasteiger partial charge in [0.2, 0.25) is 11.8 Å². The minimum atomic E-state index is -0.760. The smallest absolute Gasteiger partial charge is 0.333 e. The summed E-state index contributed by atoms with van der Waals surface area (Å²) in [7, 11) is 0. The summed E-state index contributed by atoms with van der Waals surface area (Å²) >= 11 is 0. The highest BCUT2D eigenvalue weighted by Crippen LogP contribution is 2.27. The van der Waals surface area contributed by atoms with E-state index in [-0.39, 0.29) is 43.8 Å². The van der Waals surface area contributed by atoms with Crippen LogP contribution in [0.25, 0.3) is 0 Å². The Morgan fingerprint density at radius 3 is 2.50 bits per heavy atom. The summed E-state index contributed by atoms with van der Waals surface area (Å²) in [4.78, 5) is 42.4. The van der Waals surface area contributed by atoms with Crippen LogP contribution in [0.5, 0.6) is 0 Å². The van der Waals surface area contributed by atoms with Crippen molar-refractivity contribution in [1.29, 1.82) is 0 Å². The molecule has 2 aliphatic heterocycles. The van der Waals surface area contributed by atoms with Crippen molar-refractivity contribution in [2.75, 3.05) is 19.6 Å². The molecule has 34 heavy (non-hydrogen) atoms. The van der Waals surface area contributed by atoms with E-state index >= 15 is 0 Å². The van der Waals surface area contributed by atoms with Gasteiger partial charge in [-0.15, -0.1) is 6.42 Å². The fourth-order valence-electron chi connectivity index (χ4n) is 4.40.